The number of carboxylic acid groups (broad SMARTS) is 1. The van der Waals surface area contributed by atoms with Crippen LogP contribution in [0.5, 0.6) is 0 Å². The molecular formula is C14H11N3O4. The molecule has 21 heavy (non-hydrogen) atoms. The minimum Gasteiger partial charge on any atom is -0.478 e. The van der Waals surface area contributed by atoms with E-state index >= 15 is 0 Å². The molecule has 1 aromatic heterocycles. The Bertz CT molecular complexity index is 772. The van der Waals surface area contributed by atoms with Crippen LogP contribution in [0.3, 0.4) is 0 Å². The van der Waals surface area contributed by atoms with Crippen LogP contribution in [0.25, 0.3) is 10.8 Å². The SMILES string of the molecule is O=C1CCC(c2cc(C(=O)O)cc3cnncc23)C(=O)N1. The second kappa shape index (κ2) is 4.93. The molecule has 2 heterocycles. The first-order valence-corrected chi connectivity index (χ1v) is 6.37. The molecule has 2 aromatic rings. The van der Waals surface area contributed by atoms with Crippen LogP contribution in [-0.4, -0.2) is 33.1 Å². The first-order chi connectivity index (χ1) is 10.1. The quantitative estimate of drug-likeness (QED) is 0.792. The van der Waals surface area contributed by atoms with Crippen molar-refractivity contribution in [3.63, 3.8) is 0 Å². The second-order valence-corrected chi connectivity index (χ2v) is 4.87. The largest absolute Gasteiger partial charge is 0.478 e. The van der Waals surface area contributed by atoms with Crippen molar-refractivity contribution in [3.8, 4) is 0 Å². The molecule has 2 amide bonds. The molecule has 1 aromatic carbocycles. The number of rotatable bonds is 2. The van der Waals surface area contributed by atoms with Gasteiger partial charge in [0.2, 0.25) is 11.8 Å². The van der Waals surface area contributed by atoms with Gasteiger partial charge in [0.05, 0.1) is 23.9 Å². The van der Waals surface area contributed by atoms with Crippen LogP contribution in [0.1, 0.15) is 34.7 Å². The number of carbonyl (C=O) groups is 3. The first kappa shape index (κ1) is 13.2. The van der Waals surface area contributed by atoms with Crippen LogP contribution >= 0.6 is 0 Å². The van der Waals surface area contributed by atoms with Crippen LogP contribution in [0.15, 0.2) is 24.5 Å². The zero-order chi connectivity index (χ0) is 15.0. The number of hydrogen-bond donors (Lipinski definition) is 2. The van der Waals surface area contributed by atoms with Crippen molar-refractivity contribution in [1.29, 1.82) is 0 Å². The van der Waals surface area contributed by atoms with Gasteiger partial charge in [-0.25, -0.2) is 4.79 Å². The van der Waals surface area contributed by atoms with E-state index in [1.54, 1.807) is 0 Å². The molecule has 1 aliphatic heterocycles. The van der Waals surface area contributed by atoms with Crippen molar-refractivity contribution in [3.05, 3.63) is 35.7 Å². The Morgan fingerprint density at radius 1 is 1.24 bits per heavy atom. The van der Waals surface area contributed by atoms with E-state index in [0.29, 0.717) is 22.8 Å². The smallest absolute Gasteiger partial charge is 0.335 e. The molecule has 2 N–H and O–H groups in total. The lowest BCUT2D eigenvalue weighted by molar-refractivity contribution is -0.134. The molecule has 0 radical (unpaired) electrons. The second-order valence-electron chi connectivity index (χ2n) is 4.87. The van der Waals surface area contributed by atoms with Crippen molar-refractivity contribution in [1.82, 2.24) is 15.5 Å². The van der Waals surface area contributed by atoms with E-state index < -0.39 is 17.8 Å². The summed E-state index contributed by atoms with van der Waals surface area (Å²) < 4.78 is 0. The van der Waals surface area contributed by atoms with Gasteiger partial charge in [-0.1, -0.05) is 0 Å². The molecule has 106 valence electrons. The van der Waals surface area contributed by atoms with E-state index in [1.807, 2.05) is 0 Å². The van der Waals surface area contributed by atoms with Crippen molar-refractivity contribution in [2.75, 3.05) is 0 Å². The molecular weight excluding hydrogens is 274 g/mol. The molecule has 0 aliphatic carbocycles. The highest BCUT2D eigenvalue weighted by atomic mass is 16.4. The predicted octanol–water partition coefficient (Wildman–Crippen LogP) is 0.848. The fourth-order valence-corrected chi connectivity index (χ4v) is 2.54. The molecule has 7 nitrogen and oxygen atoms in total. The average molecular weight is 285 g/mol. The van der Waals surface area contributed by atoms with E-state index in [-0.39, 0.29) is 17.9 Å². The third-order valence-corrected chi connectivity index (χ3v) is 3.56. The summed E-state index contributed by atoms with van der Waals surface area (Å²) in [7, 11) is 0. The summed E-state index contributed by atoms with van der Waals surface area (Å²) in [4.78, 5) is 34.5. The lowest BCUT2D eigenvalue weighted by Crippen LogP contribution is -2.39. The van der Waals surface area contributed by atoms with Gasteiger partial charge >= 0.3 is 5.97 Å². The van der Waals surface area contributed by atoms with Gasteiger partial charge in [-0.3, -0.25) is 14.9 Å². The van der Waals surface area contributed by atoms with E-state index in [2.05, 4.69) is 15.5 Å². The fourth-order valence-electron chi connectivity index (χ4n) is 2.54. The van der Waals surface area contributed by atoms with Crippen LogP contribution in [0, 0.1) is 0 Å². The fraction of sp³-hybridized carbons (Fsp3) is 0.214. The zero-order valence-corrected chi connectivity index (χ0v) is 10.9. The van der Waals surface area contributed by atoms with Gasteiger partial charge in [0.25, 0.3) is 0 Å². The van der Waals surface area contributed by atoms with E-state index in [0.717, 1.165) is 0 Å². The standard InChI is InChI=1S/C14H11N3O4/c18-12-2-1-9(13(19)17-12)10-4-7(14(20)21)3-8-5-15-16-6-11(8)10/h3-6,9H,1-2H2,(H,20,21)(H,17,18,19). The summed E-state index contributed by atoms with van der Waals surface area (Å²) in [5.41, 5.74) is 0.639. The number of carbonyl (C=O) groups excluding carboxylic acids is 2. The lowest BCUT2D eigenvalue weighted by atomic mass is 9.87. The van der Waals surface area contributed by atoms with Crippen molar-refractivity contribution in [2.45, 2.75) is 18.8 Å². The first-order valence-electron chi connectivity index (χ1n) is 6.37. The third kappa shape index (κ3) is 2.33. The lowest BCUT2D eigenvalue weighted by Gasteiger charge is -2.22. The monoisotopic (exact) mass is 285 g/mol. The number of piperidine rings is 1. The van der Waals surface area contributed by atoms with Gasteiger partial charge in [0, 0.05) is 17.2 Å². The molecule has 1 aliphatic rings. The van der Waals surface area contributed by atoms with Crippen molar-refractivity contribution >= 4 is 28.6 Å². The Labute approximate surface area is 119 Å². The van der Waals surface area contributed by atoms with E-state index in [4.69, 9.17) is 0 Å². The highest BCUT2D eigenvalue weighted by Gasteiger charge is 2.30. The normalized spacial score (nSPS) is 18.6. The third-order valence-electron chi connectivity index (χ3n) is 3.56. The topological polar surface area (TPSA) is 109 Å². The Hall–Kier alpha value is -2.83. The number of carboxylic acids is 1. The number of nitrogens with zero attached hydrogens (tertiary/aromatic N) is 2. The summed E-state index contributed by atoms with van der Waals surface area (Å²) in [5.74, 6) is -2.36. The summed E-state index contributed by atoms with van der Waals surface area (Å²) in [6.45, 7) is 0. The number of nitrogens with one attached hydrogen (secondary N) is 1. The maximum absolute atomic E-state index is 12.0. The van der Waals surface area contributed by atoms with Crippen LogP contribution in [0.2, 0.25) is 0 Å². The average Bonchev–Trinajstić information content (AvgIpc) is 2.46. The Morgan fingerprint density at radius 2 is 2.00 bits per heavy atom. The molecule has 1 fully saturated rings. The molecule has 0 saturated carbocycles. The maximum atomic E-state index is 12.0. The van der Waals surface area contributed by atoms with Gasteiger partial charge in [0.1, 0.15) is 0 Å². The zero-order valence-electron chi connectivity index (χ0n) is 10.9. The van der Waals surface area contributed by atoms with Crippen LogP contribution < -0.4 is 5.32 Å². The summed E-state index contributed by atoms with van der Waals surface area (Å²) in [6.07, 6.45) is 3.54. The summed E-state index contributed by atoms with van der Waals surface area (Å²) in [5, 5.41) is 20.3. The molecule has 1 unspecified atom stereocenters. The Balaban J connectivity index is 2.18. The number of aromatic nitrogens is 2. The van der Waals surface area contributed by atoms with E-state index in [1.165, 1.54) is 24.5 Å². The number of hydrogen-bond acceptors (Lipinski definition) is 5. The van der Waals surface area contributed by atoms with Crippen molar-refractivity contribution in [2.24, 2.45) is 0 Å². The maximum Gasteiger partial charge on any atom is 0.335 e. The minimum absolute atomic E-state index is 0.0789. The molecule has 1 saturated heterocycles. The summed E-state index contributed by atoms with van der Waals surface area (Å²) >= 11 is 0. The Kier molecular flexibility index (Phi) is 3.09. The molecule has 1 atom stereocenters. The predicted molar refractivity (Wildman–Crippen MR) is 71.6 cm³/mol. The Morgan fingerprint density at radius 3 is 2.71 bits per heavy atom. The number of amides is 2. The van der Waals surface area contributed by atoms with Gasteiger partial charge in [-0.15, -0.1) is 0 Å². The van der Waals surface area contributed by atoms with Gasteiger partial charge in [0.15, 0.2) is 0 Å². The number of benzene rings is 1. The van der Waals surface area contributed by atoms with Gasteiger partial charge in [-0.2, -0.15) is 10.2 Å². The van der Waals surface area contributed by atoms with Gasteiger partial charge in [-0.05, 0) is 24.1 Å². The minimum atomic E-state index is -1.08. The van der Waals surface area contributed by atoms with Crippen LogP contribution in [-0.2, 0) is 9.59 Å². The summed E-state index contributed by atoms with van der Waals surface area (Å²) in [6, 6.07) is 2.95. The van der Waals surface area contributed by atoms with Crippen LogP contribution in [0.4, 0.5) is 0 Å². The van der Waals surface area contributed by atoms with Crippen molar-refractivity contribution < 1.29 is 19.5 Å². The highest BCUT2D eigenvalue weighted by Crippen LogP contribution is 2.31. The number of aromatic carboxylic acids is 1. The molecule has 0 spiro atoms. The number of imide groups is 1. The number of fused-ring (bicyclic) bond motifs is 1. The van der Waals surface area contributed by atoms with E-state index in [9.17, 15) is 19.5 Å². The van der Waals surface area contributed by atoms with Gasteiger partial charge < -0.3 is 5.11 Å². The highest BCUT2D eigenvalue weighted by molar-refractivity contribution is 6.04. The molecule has 3 rings (SSSR count). The molecule has 7 heteroatoms. The molecule has 0 bridgehead atoms.